The fourth-order valence-corrected chi connectivity index (χ4v) is 4.67. The Hall–Kier alpha value is -2.20. The Labute approximate surface area is 155 Å². The van der Waals surface area contributed by atoms with Crippen LogP contribution in [0.3, 0.4) is 0 Å². The molecule has 2 amide bonds. The molecular formula is C16H21N3O5S2. The molecule has 0 unspecified atom stereocenters. The topological polar surface area (TPSA) is 114 Å². The molecule has 0 aliphatic heterocycles. The molecule has 1 aromatic carbocycles. The summed E-state index contributed by atoms with van der Waals surface area (Å²) in [4.78, 5) is 27.7. The Bertz CT molecular complexity index is 921. The van der Waals surface area contributed by atoms with Gasteiger partial charge in [0.2, 0.25) is 14.2 Å². The Morgan fingerprint density at radius 3 is 2.58 bits per heavy atom. The Morgan fingerprint density at radius 2 is 1.96 bits per heavy atom. The van der Waals surface area contributed by atoms with Gasteiger partial charge in [0.1, 0.15) is 6.04 Å². The van der Waals surface area contributed by atoms with Crippen molar-refractivity contribution < 1.29 is 22.7 Å². The van der Waals surface area contributed by atoms with E-state index >= 15 is 0 Å². The van der Waals surface area contributed by atoms with Gasteiger partial charge in [-0.05, 0) is 45.9 Å². The standard InChI is InChI=1S/C16H21N3O5S2/c1-5-24-14(20)10(4)17-15(21)18-11-6-7-12-13(8-11)25-16(19-12)26(22,23)9(2)3/h6-10H,5H2,1-4H3,(H2,17,18,21)/t10-/m1/s1. The van der Waals surface area contributed by atoms with Crippen LogP contribution >= 0.6 is 11.3 Å². The number of benzene rings is 1. The number of anilines is 1. The lowest BCUT2D eigenvalue weighted by atomic mass is 10.3. The number of hydrogen-bond donors (Lipinski definition) is 2. The third-order valence-electron chi connectivity index (χ3n) is 3.48. The molecule has 8 nitrogen and oxygen atoms in total. The van der Waals surface area contributed by atoms with Crippen LogP contribution in [0.15, 0.2) is 22.5 Å². The van der Waals surface area contributed by atoms with E-state index in [0.717, 1.165) is 11.3 Å². The van der Waals surface area contributed by atoms with Crippen LogP contribution < -0.4 is 10.6 Å². The average Bonchev–Trinajstić information content (AvgIpc) is 2.98. The Kier molecular flexibility index (Phi) is 6.19. The minimum absolute atomic E-state index is 0.0556. The van der Waals surface area contributed by atoms with E-state index in [0.29, 0.717) is 15.9 Å². The number of esters is 1. The number of sulfone groups is 1. The molecule has 1 heterocycles. The molecule has 2 rings (SSSR count). The number of thiazole rings is 1. The van der Waals surface area contributed by atoms with Gasteiger partial charge >= 0.3 is 12.0 Å². The molecular weight excluding hydrogens is 378 g/mol. The summed E-state index contributed by atoms with van der Waals surface area (Å²) in [6.45, 7) is 6.64. The number of carbonyl (C=O) groups excluding carboxylic acids is 2. The average molecular weight is 399 g/mol. The lowest BCUT2D eigenvalue weighted by Gasteiger charge is -2.13. The summed E-state index contributed by atoms with van der Waals surface area (Å²) in [6, 6.07) is 3.54. The predicted octanol–water partition coefficient (Wildman–Crippen LogP) is 2.55. The summed E-state index contributed by atoms with van der Waals surface area (Å²) in [5.74, 6) is -0.524. The first kappa shape index (κ1) is 20.1. The second kappa shape index (κ2) is 8.00. The van der Waals surface area contributed by atoms with Gasteiger partial charge in [-0.15, -0.1) is 11.3 Å². The van der Waals surface area contributed by atoms with Crippen molar-refractivity contribution in [3.05, 3.63) is 18.2 Å². The largest absolute Gasteiger partial charge is 0.464 e. The van der Waals surface area contributed by atoms with Crippen LogP contribution in [-0.2, 0) is 19.4 Å². The Balaban J connectivity index is 2.14. The fourth-order valence-electron chi connectivity index (χ4n) is 1.99. The summed E-state index contributed by atoms with van der Waals surface area (Å²) >= 11 is 1.05. The molecule has 0 aliphatic rings. The fraction of sp³-hybridized carbons (Fsp3) is 0.438. The van der Waals surface area contributed by atoms with Crippen LogP contribution in [0.25, 0.3) is 10.2 Å². The number of carbonyl (C=O) groups is 2. The van der Waals surface area contributed by atoms with Crippen molar-refractivity contribution >= 4 is 49.1 Å². The zero-order valence-electron chi connectivity index (χ0n) is 14.9. The van der Waals surface area contributed by atoms with E-state index in [2.05, 4.69) is 15.6 Å². The van der Waals surface area contributed by atoms with E-state index in [1.54, 1.807) is 39.0 Å². The van der Waals surface area contributed by atoms with E-state index in [1.807, 2.05) is 0 Å². The highest BCUT2D eigenvalue weighted by atomic mass is 32.2. The number of rotatable bonds is 6. The van der Waals surface area contributed by atoms with Crippen molar-refractivity contribution in [3.63, 3.8) is 0 Å². The molecule has 2 N–H and O–H groups in total. The van der Waals surface area contributed by atoms with Crippen molar-refractivity contribution in [1.29, 1.82) is 0 Å². The number of fused-ring (bicyclic) bond motifs is 1. The predicted molar refractivity (Wildman–Crippen MR) is 100 cm³/mol. The minimum atomic E-state index is -3.45. The molecule has 10 heteroatoms. The maximum atomic E-state index is 12.2. The Morgan fingerprint density at radius 1 is 1.27 bits per heavy atom. The maximum Gasteiger partial charge on any atom is 0.328 e. The van der Waals surface area contributed by atoms with E-state index in [-0.39, 0.29) is 10.9 Å². The minimum Gasteiger partial charge on any atom is -0.464 e. The van der Waals surface area contributed by atoms with Crippen LogP contribution in [0.1, 0.15) is 27.7 Å². The number of ether oxygens (including phenoxy) is 1. The summed E-state index contributed by atoms with van der Waals surface area (Å²) in [5.41, 5.74) is 1.00. The molecule has 0 fully saturated rings. The van der Waals surface area contributed by atoms with Gasteiger partial charge in [0, 0.05) is 5.69 Å². The van der Waals surface area contributed by atoms with Gasteiger partial charge in [-0.3, -0.25) is 0 Å². The second-order valence-electron chi connectivity index (χ2n) is 5.83. The van der Waals surface area contributed by atoms with Crippen molar-refractivity contribution in [1.82, 2.24) is 10.3 Å². The second-order valence-corrected chi connectivity index (χ2v) is 9.54. The van der Waals surface area contributed by atoms with Gasteiger partial charge in [-0.2, -0.15) is 0 Å². The molecule has 0 aliphatic carbocycles. The summed E-state index contributed by atoms with van der Waals surface area (Å²) in [7, 11) is -3.45. The van der Waals surface area contributed by atoms with Gasteiger partial charge in [-0.1, -0.05) is 0 Å². The smallest absolute Gasteiger partial charge is 0.328 e. The molecule has 0 radical (unpaired) electrons. The number of hydrogen-bond acceptors (Lipinski definition) is 7. The lowest BCUT2D eigenvalue weighted by molar-refractivity contribution is -0.144. The SMILES string of the molecule is CCOC(=O)[C@@H](C)NC(=O)Nc1ccc2nc(S(=O)(=O)C(C)C)sc2c1. The molecule has 1 aromatic heterocycles. The number of amides is 2. The van der Waals surface area contributed by atoms with Crippen molar-refractivity contribution in [2.75, 3.05) is 11.9 Å². The monoisotopic (exact) mass is 399 g/mol. The summed E-state index contributed by atoms with van der Waals surface area (Å²) < 4.78 is 30.0. The number of nitrogens with zero attached hydrogens (tertiary/aromatic N) is 1. The van der Waals surface area contributed by atoms with E-state index in [4.69, 9.17) is 4.74 Å². The van der Waals surface area contributed by atoms with Crippen molar-refractivity contribution in [2.45, 2.75) is 43.3 Å². The zero-order chi connectivity index (χ0) is 19.5. The highest BCUT2D eigenvalue weighted by Gasteiger charge is 2.23. The zero-order valence-corrected chi connectivity index (χ0v) is 16.5. The molecule has 0 saturated carbocycles. The quantitative estimate of drug-likeness (QED) is 0.722. The van der Waals surface area contributed by atoms with Crippen LogP contribution in [0.2, 0.25) is 0 Å². The van der Waals surface area contributed by atoms with Crippen LogP contribution in [0.4, 0.5) is 10.5 Å². The summed E-state index contributed by atoms with van der Waals surface area (Å²) in [6.07, 6.45) is 0. The first-order chi connectivity index (χ1) is 12.1. The summed E-state index contributed by atoms with van der Waals surface area (Å²) in [5, 5.41) is 4.52. The van der Waals surface area contributed by atoms with Crippen LogP contribution in [0.5, 0.6) is 0 Å². The molecule has 26 heavy (non-hydrogen) atoms. The number of urea groups is 1. The molecule has 2 aromatic rings. The van der Waals surface area contributed by atoms with Gasteiger partial charge in [0.05, 0.1) is 22.1 Å². The number of nitrogens with one attached hydrogen (secondary N) is 2. The molecule has 142 valence electrons. The van der Waals surface area contributed by atoms with Crippen molar-refractivity contribution in [2.24, 2.45) is 0 Å². The normalized spacial score (nSPS) is 12.8. The van der Waals surface area contributed by atoms with Gasteiger partial charge < -0.3 is 15.4 Å². The molecule has 1 atom stereocenters. The van der Waals surface area contributed by atoms with Gasteiger partial charge in [0.25, 0.3) is 0 Å². The van der Waals surface area contributed by atoms with E-state index < -0.39 is 33.1 Å². The van der Waals surface area contributed by atoms with Gasteiger partial charge in [-0.25, -0.2) is 23.0 Å². The van der Waals surface area contributed by atoms with Crippen molar-refractivity contribution in [3.8, 4) is 0 Å². The highest BCUT2D eigenvalue weighted by molar-refractivity contribution is 7.94. The van der Waals surface area contributed by atoms with Crippen LogP contribution in [-0.4, -0.2) is 43.3 Å². The van der Waals surface area contributed by atoms with E-state index in [1.165, 1.54) is 6.92 Å². The first-order valence-corrected chi connectivity index (χ1v) is 10.4. The first-order valence-electron chi connectivity index (χ1n) is 8.03. The molecule has 0 spiro atoms. The van der Waals surface area contributed by atoms with Gasteiger partial charge in [0.15, 0.2) is 0 Å². The number of aromatic nitrogens is 1. The third kappa shape index (κ3) is 4.50. The molecule has 0 saturated heterocycles. The highest BCUT2D eigenvalue weighted by Crippen LogP contribution is 2.29. The van der Waals surface area contributed by atoms with E-state index in [9.17, 15) is 18.0 Å². The lowest BCUT2D eigenvalue weighted by Crippen LogP contribution is -2.41. The maximum absolute atomic E-state index is 12.2. The third-order valence-corrected chi connectivity index (χ3v) is 7.06. The van der Waals surface area contributed by atoms with Crippen LogP contribution in [0, 0.1) is 0 Å². The molecule has 0 bridgehead atoms.